The Kier molecular flexibility index (Phi) is 4.60. The summed E-state index contributed by atoms with van der Waals surface area (Å²) in [6.45, 7) is 3.30. The summed E-state index contributed by atoms with van der Waals surface area (Å²) < 4.78 is 0. The van der Waals surface area contributed by atoms with Gasteiger partial charge in [-0.25, -0.2) is 0 Å². The van der Waals surface area contributed by atoms with Crippen LogP contribution in [0.25, 0.3) is 0 Å². The number of likely N-dealkylation sites (tertiary alicyclic amines) is 1. The normalized spacial score (nSPS) is 18.5. The van der Waals surface area contributed by atoms with Gasteiger partial charge in [-0.1, -0.05) is 30.3 Å². The Morgan fingerprint density at radius 3 is 2.65 bits per heavy atom. The summed E-state index contributed by atoms with van der Waals surface area (Å²) in [7, 11) is 0. The van der Waals surface area contributed by atoms with E-state index in [1.807, 2.05) is 11.0 Å². The second kappa shape index (κ2) is 6.82. The van der Waals surface area contributed by atoms with Crippen LogP contribution in [-0.2, 0) is 0 Å². The number of nitrogens with one attached hydrogen (secondary N) is 1. The van der Waals surface area contributed by atoms with Gasteiger partial charge in [-0.05, 0) is 43.7 Å². The van der Waals surface area contributed by atoms with E-state index in [2.05, 4.69) is 29.2 Å². The summed E-state index contributed by atoms with van der Waals surface area (Å²) in [6, 6.07) is 13.7. The highest BCUT2D eigenvalue weighted by atomic mass is 16.2. The van der Waals surface area contributed by atoms with E-state index in [1.165, 1.54) is 11.6 Å². The van der Waals surface area contributed by atoms with Gasteiger partial charge in [-0.2, -0.15) is 0 Å². The number of pyridine rings is 1. The van der Waals surface area contributed by atoms with Gasteiger partial charge in [0, 0.05) is 30.4 Å². The lowest BCUT2D eigenvalue weighted by Gasteiger charge is -2.21. The standard InChI is InChI=1S/C19H22N2O2/c1-14-12-17(13-18(22)20-14)19(23)21-10-5-8-16(9-11-21)15-6-3-2-4-7-15/h2-4,6-7,12-13,16H,5,8-11H2,1H3,(H,20,22)/t16-/m0/s1. The van der Waals surface area contributed by atoms with Crippen molar-refractivity contribution in [1.82, 2.24) is 9.88 Å². The van der Waals surface area contributed by atoms with Crippen molar-refractivity contribution in [2.75, 3.05) is 13.1 Å². The van der Waals surface area contributed by atoms with Gasteiger partial charge in [0.25, 0.3) is 5.91 Å². The third-order valence-electron chi connectivity index (χ3n) is 4.51. The van der Waals surface area contributed by atoms with E-state index in [1.54, 1.807) is 13.0 Å². The van der Waals surface area contributed by atoms with E-state index in [-0.39, 0.29) is 11.5 Å². The van der Waals surface area contributed by atoms with Crippen molar-refractivity contribution in [3.63, 3.8) is 0 Å². The number of hydrogen-bond acceptors (Lipinski definition) is 2. The quantitative estimate of drug-likeness (QED) is 0.926. The first-order valence-corrected chi connectivity index (χ1v) is 8.18. The number of amides is 1. The molecule has 1 aliphatic heterocycles. The molecule has 1 aromatic carbocycles. The average Bonchev–Trinajstić information content (AvgIpc) is 2.80. The SMILES string of the molecule is Cc1cc(C(=O)N2CCC[C@H](c3ccccc3)CC2)cc(=O)[nH]1. The van der Waals surface area contributed by atoms with Gasteiger partial charge < -0.3 is 9.88 Å². The molecule has 2 heterocycles. The summed E-state index contributed by atoms with van der Waals surface area (Å²) in [5.41, 5.74) is 2.35. The van der Waals surface area contributed by atoms with Crippen LogP contribution in [-0.4, -0.2) is 28.9 Å². The molecule has 120 valence electrons. The maximum atomic E-state index is 12.7. The zero-order valence-corrected chi connectivity index (χ0v) is 13.4. The highest BCUT2D eigenvalue weighted by molar-refractivity contribution is 5.94. The minimum absolute atomic E-state index is 0.0343. The largest absolute Gasteiger partial charge is 0.339 e. The molecule has 3 rings (SSSR count). The number of benzene rings is 1. The molecule has 1 amide bonds. The molecule has 2 aromatic rings. The molecule has 0 radical (unpaired) electrons. The average molecular weight is 310 g/mol. The van der Waals surface area contributed by atoms with Crippen LogP contribution in [0.15, 0.2) is 47.3 Å². The molecule has 0 unspecified atom stereocenters. The summed E-state index contributed by atoms with van der Waals surface area (Å²) in [4.78, 5) is 28.8. The molecule has 23 heavy (non-hydrogen) atoms. The van der Waals surface area contributed by atoms with Crippen LogP contribution in [0.4, 0.5) is 0 Å². The predicted octanol–water partition coefficient (Wildman–Crippen LogP) is 3.09. The topological polar surface area (TPSA) is 53.2 Å². The van der Waals surface area contributed by atoms with E-state index < -0.39 is 0 Å². The number of rotatable bonds is 2. The fourth-order valence-electron chi connectivity index (χ4n) is 3.35. The zero-order chi connectivity index (χ0) is 16.2. The minimum atomic E-state index is -0.217. The Morgan fingerprint density at radius 1 is 1.13 bits per heavy atom. The van der Waals surface area contributed by atoms with E-state index in [0.29, 0.717) is 11.5 Å². The van der Waals surface area contributed by atoms with Crippen molar-refractivity contribution in [2.24, 2.45) is 0 Å². The van der Waals surface area contributed by atoms with Crippen LogP contribution in [0.1, 0.15) is 46.8 Å². The van der Waals surface area contributed by atoms with Gasteiger partial charge in [-0.15, -0.1) is 0 Å². The van der Waals surface area contributed by atoms with Gasteiger partial charge in [-0.3, -0.25) is 9.59 Å². The van der Waals surface area contributed by atoms with Gasteiger partial charge in [0.2, 0.25) is 5.56 Å². The van der Waals surface area contributed by atoms with E-state index in [4.69, 9.17) is 0 Å². The second-order valence-electron chi connectivity index (χ2n) is 6.25. The van der Waals surface area contributed by atoms with Crippen LogP contribution in [0.5, 0.6) is 0 Å². The van der Waals surface area contributed by atoms with E-state index in [9.17, 15) is 9.59 Å². The number of hydrogen-bond donors (Lipinski definition) is 1. The van der Waals surface area contributed by atoms with Crippen molar-refractivity contribution in [2.45, 2.75) is 32.1 Å². The molecule has 1 saturated heterocycles. The Hall–Kier alpha value is -2.36. The number of aromatic amines is 1. The maximum Gasteiger partial charge on any atom is 0.254 e. The summed E-state index contributed by atoms with van der Waals surface area (Å²) in [5, 5.41) is 0. The van der Waals surface area contributed by atoms with E-state index >= 15 is 0 Å². The molecule has 1 atom stereocenters. The second-order valence-corrected chi connectivity index (χ2v) is 6.25. The minimum Gasteiger partial charge on any atom is -0.339 e. The van der Waals surface area contributed by atoms with Crippen molar-refractivity contribution in [3.05, 3.63) is 69.6 Å². The smallest absolute Gasteiger partial charge is 0.254 e. The lowest BCUT2D eigenvalue weighted by molar-refractivity contribution is 0.0760. The lowest BCUT2D eigenvalue weighted by atomic mass is 9.92. The summed E-state index contributed by atoms with van der Waals surface area (Å²) in [6.07, 6.45) is 3.06. The van der Waals surface area contributed by atoms with Crippen molar-refractivity contribution in [3.8, 4) is 0 Å². The maximum absolute atomic E-state index is 12.7. The van der Waals surface area contributed by atoms with Gasteiger partial charge in [0.05, 0.1) is 0 Å². The number of nitrogens with zero attached hydrogens (tertiary/aromatic N) is 1. The number of H-pyrrole nitrogens is 1. The zero-order valence-electron chi connectivity index (χ0n) is 13.4. The summed E-state index contributed by atoms with van der Waals surface area (Å²) >= 11 is 0. The monoisotopic (exact) mass is 310 g/mol. The van der Waals surface area contributed by atoms with Gasteiger partial charge >= 0.3 is 0 Å². The van der Waals surface area contributed by atoms with E-state index in [0.717, 1.165) is 38.0 Å². The molecule has 1 aliphatic rings. The van der Waals surface area contributed by atoms with Crippen LogP contribution < -0.4 is 5.56 Å². The van der Waals surface area contributed by atoms with Crippen LogP contribution in [0.3, 0.4) is 0 Å². The first-order valence-electron chi connectivity index (χ1n) is 8.18. The molecular weight excluding hydrogens is 288 g/mol. The molecule has 0 aliphatic carbocycles. The molecule has 1 aromatic heterocycles. The van der Waals surface area contributed by atoms with Crippen molar-refractivity contribution < 1.29 is 4.79 Å². The molecular formula is C19H22N2O2. The number of carbonyl (C=O) groups excluding carboxylic acids is 1. The van der Waals surface area contributed by atoms with Crippen molar-refractivity contribution >= 4 is 5.91 Å². The van der Waals surface area contributed by atoms with Crippen molar-refractivity contribution in [1.29, 1.82) is 0 Å². The third-order valence-corrected chi connectivity index (χ3v) is 4.51. The molecule has 0 bridgehead atoms. The Bertz CT molecular complexity index is 737. The summed E-state index contributed by atoms with van der Waals surface area (Å²) in [5.74, 6) is 0.475. The lowest BCUT2D eigenvalue weighted by Crippen LogP contribution is -2.32. The highest BCUT2D eigenvalue weighted by Gasteiger charge is 2.22. The highest BCUT2D eigenvalue weighted by Crippen LogP contribution is 2.28. The predicted molar refractivity (Wildman–Crippen MR) is 90.7 cm³/mol. The number of aryl methyl sites for hydroxylation is 1. The molecule has 0 spiro atoms. The molecule has 0 saturated carbocycles. The fourth-order valence-corrected chi connectivity index (χ4v) is 3.35. The fraction of sp³-hybridized carbons (Fsp3) is 0.368. The van der Waals surface area contributed by atoms with Crippen LogP contribution >= 0.6 is 0 Å². The first-order chi connectivity index (χ1) is 11.1. The Morgan fingerprint density at radius 2 is 1.91 bits per heavy atom. The van der Waals surface area contributed by atoms with Crippen LogP contribution in [0.2, 0.25) is 0 Å². The van der Waals surface area contributed by atoms with Gasteiger partial charge in [0.15, 0.2) is 0 Å². The molecule has 1 fully saturated rings. The Balaban J connectivity index is 1.72. The number of carbonyl (C=O) groups is 1. The van der Waals surface area contributed by atoms with Gasteiger partial charge in [0.1, 0.15) is 0 Å². The van der Waals surface area contributed by atoms with Crippen LogP contribution in [0, 0.1) is 6.92 Å². The first kappa shape index (κ1) is 15.5. The Labute approximate surface area is 136 Å². The number of aromatic nitrogens is 1. The molecule has 4 nitrogen and oxygen atoms in total. The molecule has 4 heteroatoms. The molecule has 1 N–H and O–H groups in total. The third kappa shape index (κ3) is 3.70.